The molecule has 6 rings (SSSR count). The smallest absolute Gasteiger partial charge is 0.388 e. The lowest BCUT2D eigenvalue weighted by Crippen LogP contribution is -2.29. The molecule has 3 aromatic rings. The molecular formula is C24H25F5N8O3S. The largest absolute Gasteiger partial charge is 0.415 e. The third-order valence-corrected chi connectivity index (χ3v) is 8.68. The van der Waals surface area contributed by atoms with Gasteiger partial charge >= 0.3 is 6.61 Å². The first-order valence-electron chi connectivity index (χ1n) is 12.9. The van der Waals surface area contributed by atoms with E-state index < -0.39 is 42.9 Å². The van der Waals surface area contributed by atoms with Crippen LogP contribution in [0.15, 0.2) is 12.4 Å². The molecule has 11 nitrogen and oxygen atoms in total. The second-order valence-electron chi connectivity index (χ2n) is 10.4. The summed E-state index contributed by atoms with van der Waals surface area (Å²) in [6.45, 7) is -2.91. The Balaban J connectivity index is 1.24. The van der Waals surface area contributed by atoms with Crippen molar-refractivity contribution < 1.29 is 36.3 Å². The molecule has 220 valence electrons. The fourth-order valence-corrected chi connectivity index (χ4v) is 6.23. The number of thiophene rings is 1. The highest BCUT2D eigenvalue weighted by atomic mass is 32.1. The summed E-state index contributed by atoms with van der Waals surface area (Å²) < 4.78 is 73.0. The Labute approximate surface area is 233 Å². The van der Waals surface area contributed by atoms with E-state index >= 15 is 0 Å². The molecule has 3 aliphatic rings. The summed E-state index contributed by atoms with van der Waals surface area (Å²) in [5, 5.41) is 20.4. The highest BCUT2D eigenvalue weighted by molar-refractivity contribution is 7.17. The molecule has 3 aliphatic carbocycles. The number of ether oxygens (including phenoxy) is 1. The molecule has 0 aromatic carbocycles. The van der Waals surface area contributed by atoms with Crippen LogP contribution in [0.4, 0.5) is 38.7 Å². The first-order valence-corrected chi connectivity index (χ1v) is 13.7. The van der Waals surface area contributed by atoms with Gasteiger partial charge in [0.1, 0.15) is 29.2 Å². The Kier molecular flexibility index (Phi) is 6.86. The summed E-state index contributed by atoms with van der Waals surface area (Å²) in [5.74, 6) is -5.80. The third-order valence-electron chi connectivity index (χ3n) is 7.48. The number of carbonyl (C=O) groups is 2. The first-order chi connectivity index (χ1) is 19.5. The summed E-state index contributed by atoms with van der Waals surface area (Å²) in [7, 11) is 1.53. The summed E-state index contributed by atoms with van der Waals surface area (Å²) in [6, 6.07) is 1.03. The molecule has 2 saturated carbocycles. The molecule has 3 aromatic heterocycles. The topological polar surface area (TPSA) is 128 Å². The molecule has 0 spiro atoms. The van der Waals surface area contributed by atoms with E-state index in [2.05, 4.69) is 36.0 Å². The fourth-order valence-electron chi connectivity index (χ4n) is 4.98. The number of anilines is 3. The van der Waals surface area contributed by atoms with Crippen molar-refractivity contribution in [3.05, 3.63) is 28.4 Å². The van der Waals surface area contributed by atoms with Gasteiger partial charge < -0.3 is 20.7 Å². The van der Waals surface area contributed by atoms with Gasteiger partial charge in [0.05, 0.1) is 5.56 Å². The van der Waals surface area contributed by atoms with Crippen molar-refractivity contribution in [3.63, 3.8) is 0 Å². The molecule has 0 radical (unpaired) electrons. The Hall–Kier alpha value is -3.76. The van der Waals surface area contributed by atoms with Crippen LogP contribution in [0.1, 0.15) is 46.1 Å². The average molecular weight is 601 g/mol. The highest BCUT2D eigenvalue weighted by Crippen LogP contribution is 2.50. The van der Waals surface area contributed by atoms with Gasteiger partial charge in [-0.15, -0.1) is 26.6 Å². The van der Waals surface area contributed by atoms with E-state index in [0.717, 1.165) is 4.88 Å². The molecule has 3 heterocycles. The van der Waals surface area contributed by atoms with Crippen LogP contribution in [0, 0.1) is 11.8 Å². The lowest BCUT2D eigenvalue weighted by Gasteiger charge is -2.25. The number of fused-ring (bicyclic) bond motifs is 1. The number of alkyl halides is 5. The maximum Gasteiger partial charge on any atom is 0.388 e. The first kappa shape index (κ1) is 27.4. The molecule has 0 bridgehead atoms. The van der Waals surface area contributed by atoms with Crippen molar-refractivity contribution in [2.24, 2.45) is 18.9 Å². The highest BCUT2D eigenvalue weighted by Gasteiger charge is 2.61. The quantitative estimate of drug-likeness (QED) is 0.302. The van der Waals surface area contributed by atoms with Gasteiger partial charge in [-0.3, -0.25) is 14.2 Å². The average Bonchev–Trinajstić information content (AvgIpc) is 3.52. The van der Waals surface area contributed by atoms with Crippen molar-refractivity contribution >= 4 is 39.9 Å². The van der Waals surface area contributed by atoms with Crippen molar-refractivity contribution in [3.8, 4) is 5.88 Å². The minimum absolute atomic E-state index is 0.129. The minimum atomic E-state index is -3.06. The van der Waals surface area contributed by atoms with E-state index in [4.69, 9.17) is 0 Å². The Bertz CT molecular complexity index is 1490. The van der Waals surface area contributed by atoms with Crippen molar-refractivity contribution in [1.29, 1.82) is 0 Å². The molecule has 0 saturated heterocycles. The van der Waals surface area contributed by atoms with Gasteiger partial charge in [-0.25, -0.2) is 17.9 Å². The van der Waals surface area contributed by atoms with Crippen molar-refractivity contribution in [1.82, 2.24) is 29.9 Å². The number of carbonyl (C=O) groups excluding carboxylic acids is 2. The van der Waals surface area contributed by atoms with Gasteiger partial charge in [0, 0.05) is 42.9 Å². The number of nitrogens with zero attached hydrogens (tertiary/aromatic N) is 5. The van der Waals surface area contributed by atoms with Gasteiger partial charge in [-0.1, -0.05) is 0 Å². The molecule has 2 fully saturated rings. The normalized spacial score (nSPS) is 24.1. The van der Waals surface area contributed by atoms with Gasteiger partial charge in [-0.05, 0) is 31.2 Å². The molecule has 3 N–H and O–H groups in total. The van der Waals surface area contributed by atoms with Crippen molar-refractivity contribution in [2.75, 3.05) is 17.2 Å². The number of nitrogens with one attached hydrogen (secondary N) is 3. The minimum Gasteiger partial charge on any atom is -0.415 e. The van der Waals surface area contributed by atoms with E-state index in [-0.39, 0.29) is 34.9 Å². The van der Waals surface area contributed by atoms with E-state index in [1.807, 2.05) is 0 Å². The van der Waals surface area contributed by atoms with Gasteiger partial charge in [-0.2, -0.15) is 8.78 Å². The summed E-state index contributed by atoms with van der Waals surface area (Å²) >= 11 is 1.18. The van der Waals surface area contributed by atoms with Gasteiger partial charge in [0.15, 0.2) is 0 Å². The summed E-state index contributed by atoms with van der Waals surface area (Å²) in [4.78, 5) is 26.6. The number of hydrogen-bond acceptors (Lipinski definition) is 8. The van der Waals surface area contributed by atoms with Crippen LogP contribution in [0.5, 0.6) is 5.88 Å². The number of aromatic nitrogens is 5. The number of rotatable bonds is 10. The molecule has 41 heavy (non-hydrogen) atoms. The summed E-state index contributed by atoms with van der Waals surface area (Å²) in [5.41, 5.74) is 0.841. The van der Waals surface area contributed by atoms with Gasteiger partial charge in [0.25, 0.3) is 11.8 Å². The van der Waals surface area contributed by atoms with Crippen LogP contribution in [-0.2, 0) is 24.7 Å². The zero-order valence-corrected chi connectivity index (χ0v) is 22.4. The molecule has 17 heteroatoms. The van der Waals surface area contributed by atoms with Crippen LogP contribution in [-0.4, -0.2) is 61.6 Å². The SMILES string of the molecule is Cn1nc(OC(F)F)cc1Nc1nncn1[C@H]1CCc2sc(NC(=O)[C@@H]3CC3(F)F)c(C(=O)NC[C@@H]3C[C@@H]3F)c2C1. The zero-order valence-electron chi connectivity index (χ0n) is 21.5. The molecule has 4 atom stereocenters. The van der Waals surface area contributed by atoms with E-state index in [1.54, 1.807) is 4.57 Å². The maximum absolute atomic E-state index is 13.5. The Morgan fingerprint density at radius 3 is 2.76 bits per heavy atom. The van der Waals surface area contributed by atoms with Crippen LogP contribution in [0.2, 0.25) is 0 Å². The number of hydrogen-bond donors (Lipinski definition) is 3. The second-order valence-corrected chi connectivity index (χ2v) is 11.5. The standard InChI is InChI=1S/C24H25F5N8O3S/c1-36-16(6-17(35-36)40-22(26)27)32-23-34-31-9-37(23)11-2-3-15-12(5-11)18(20(39)30-8-10-4-14(10)25)21(41-15)33-19(38)13-7-24(13,28)29/h6,9-11,13-14,22H,2-5,7-8H2,1H3,(H,30,39)(H,32,34)(H,33,38)/t10-,11-,13-,14-/m0/s1. The Morgan fingerprint density at radius 2 is 2.07 bits per heavy atom. The van der Waals surface area contributed by atoms with Crippen molar-refractivity contribution in [2.45, 2.75) is 56.9 Å². The number of amides is 2. The number of aryl methyl sites for hydroxylation is 2. The predicted octanol–water partition coefficient (Wildman–Crippen LogP) is 3.83. The van der Waals surface area contributed by atoms with E-state index in [9.17, 15) is 31.5 Å². The molecular weight excluding hydrogens is 575 g/mol. The van der Waals surface area contributed by atoms with Crippen LogP contribution >= 0.6 is 11.3 Å². The monoisotopic (exact) mass is 600 g/mol. The predicted molar refractivity (Wildman–Crippen MR) is 136 cm³/mol. The van der Waals surface area contributed by atoms with E-state index in [1.165, 1.54) is 35.5 Å². The second kappa shape index (κ2) is 10.3. The van der Waals surface area contributed by atoms with Gasteiger partial charge in [0.2, 0.25) is 17.7 Å². The lowest BCUT2D eigenvalue weighted by molar-refractivity contribution is -0.119. The van der Waals surface area contributed by atoms with Crippen LogP contribution in [0.25, 0.3) is 0 Å². The fraction of sp³-hybridized carbons (Fsp3) is 0.542. The summed E-state index contributed by atoms with van der Waals surface area (Å²) in [6.07, 6.45) is 1.80. The Morgan fingerprint density at radius 1 is 1.32 bits per heavy atom. The molecule has 0 unspecified atom stereocenters. The lowest BCUT2D eigenvalue weighted by atomic mass is 9.91. The molecule has 2 amide bonds. The van der Waals surface area contributed by atoms with Crippen LogP contribution < -0.4 is 20.7 Å². The molecule has 0 aliphatic heterocycles. The van der Waals surface area contributed by atoms with E-state index in [0.29, 0.717) is 43.0 Å². The third kappa shape index (κ3) is 5.58. The maximum atomic E-state index is 13.5. The van der Waals surface area contributed by atoms with Crippen LogP contribution in [0.3, 0.4) is 0 Å². The number of halogens is 5. The zero-order chi connectivity index (χ0) is 29.1.